The van der Waals surface area contributed by atoms with Gasteiger partial charge in [-0.1, -0.05) is 6.92 Å². The van der Waals surface area contributed by atoms with E-state index >= 15 is 0 Å². The Kier molecular flexibility index (Phi) is 7.28. The van der Waals surface area contributed by atoms with Crippen molar-refractivity contribution in [2.24, 2.45) is 0 Å². The maximum Gasteiger partial charge on any atom is 0.326 e. The molecule has 2 N–H and O–H groups in total. The molecular weight excluding hydrogens is 290 g/mol. The molecule has 7 heteroatoms. The predicted octanol–water partition coefficient (Wildman–Crippen LogP) is 1.68. The number of aromatic nitrogens is 2. The lowest BCUT2D eigenvalue weighted by Gasteiger charge is -2.12. The molecule has 0 bridgehead atoms. The van der Waals surface area contributed by atoms with E-state index in [1.165, 1.54) is 6.92 Å². The Hall–Kier alpha value is -1.50. The highest BCUT2D eigenvalue weighted by Crippen LogP contribution is 2.16. The van der Waals surface area contributed by atoms with Crippen LogP contribution < -0.4 is 5.32 Å². The standard InChI is InChI=1S/C14H23N3O3S/c1-4-11-8-12(17(5-2)16-11)9-21-7-6-13(14(19)20)15-10(3)18/h8,13H,4-7,9H2,1-3H3,(H,15,18)(H,19,20). The molecule has 6 nitrogen and oxygen atoms in total. The molecule has 1 unspecified atom stereocenters. The number of rotatable bonds is 9. The van der Waals surface area contributed by atoms with Gasteiger partial charge in [0, 0.05) is 24.9 Å². The molecule has 0 radical (unpaired) electrons. The molecule has 0 aromatic carbocycles. The van der Waals surface area contributed by atoms with Crippen molar-refractivity contribution in [1.82, 2.24) is 15.1 Å². The van der Waals surface area contributed by atoms with Crippen LogP contribution in [0.4, 0.5) is 0 Å². The summed E-state index contributed by atoms with van der Waals surface area (Å²) < 4.78 is 1.98. The maximum atomic E-state index is 11.0. The van der Waals surface area contributed by atoms with Gasteiger partial charge in [-0.2, -0.15) is 16.9 Å². The first-order valence-corrected chi connectivity index (χ1v) is 8.26. The first-order chi connectivity index (χ1) is 9.97. The van der Waals surface area contributed by atoms with Crippen molar-refractivity contribution in [3.05, 3.63) is 17.5 Å². The molecule has 1 amide bonds. The van der Waals surface area contributed by atoms with Crippen molar-refractivity contribution >= 4 is 23.6 Å². The van der Waals surface area contributed by atoms with Gasteiger partial charge in [0.15, 0.2) is 0 Å². The van der Waals surface area contributed by atoms with E-state index in [1.54, 1.807) is 11.8 Å². The fraction of sp³-hybridized carbons (Fsp3) is 0.643. The van der Waals surface area contributed by atoms with Crippen LogP contribution in [0.25, 0.3) is 0 Å². The molecular formula is C14H23N3O3S. The minimum atomic E-state index is -0.988. The molecule has 0 saturated heterocycles. The summed E-state index contributed by atoms with van der Waals surface area (Å²) in [5, 5.41) is 15.9. The molecule has 0 spiro atoms. The number of hydrogen-bond donors (Lipinski definition) is 2. The van der Waals surface area contributed by atoms with E-state index in [0.717, 1.165) is 30.1 Å². The van der Waals surface area contributed by atoms with Crippen molar-refractivity contribution in [2.45, 2.75) is 52.0 Å². The molecule has 118 valence electrons. The second-order valence-electron chi connectivity index (χ2n) is 4.73. The number of carboxylic acids is 1. The van der Waals surface area contributed by atoms with Gasteiger partial charge in [0.2, 0.25) is 5.91 Å². The minimum absolute atomic E-state index is 0.316. The van der Waals surface area contributed by atoms with Gasteiger partial charge in [-0.3, -0.25) is 9.48 Å². The lowest BCUT2D eigenvalue weighted by molar-refractivity contribution is -0.141. The Balaban J connectivity index is 2.44. The van der Waals surface area contributed by atoms with Crippen LogP contribution in [-0.2, 0) is 28.3 Å². The Bertz CT molecular complexity index is 488. The fourth-order valence-electron chi connectivity index (χ4n) is 1.96. The Labute approximate surface area is 129 Å². The van der Waals surface area contributed by atoms with Gasteiger partial charge in [-0.15, -0.1) is 0 Å². The van der Waals surface area contributed by atoms with Crippen molar-refractivity contribution in [3.8, 4) is 0 Å². The number of carbonyl (C=O) groups is 2. The van der Waals surface area contributed by atoms with Crippen LogP contribution in [0, 0.1) is 0 Å². The number of hydrogen-bond acceptors (Lipinski definition) is 4. The number of carbonyl (C=O) groups excluding carboxylic acids is 1. The SMILES string of the molecule is CCc1cc(CSCCC(NC(C)=O)C(=O)O)n(CC)n1. The molecule has 0 aliphatic heterocycles. The van der Waals surface area contributed by atoms with E-state index in [9.17, 15) is 9.59 Å². The molecule has 1 rings (SSSR count). The summed E-state index contributed by atoms with van der Waals surface area (Å²) >= 11 is 1.66. The number of nitrogens with one attached hydrogen (secondary N) is 1. The average molecular weight is 313 g/mol. The van der Waals surface area contributed by atoms with E-state index in [2.05, 4.69) is 30.3 Å². The third kappa shape index (κ3) is 5.79. The van der Waals surface area contributed by atoms with Crippen LogP contribution in [0.2, 0.25) is 0 Å². The molecule has 1 atom stereocenters. The van der Waals surface area contributed by atoms with E-state index in [4.69, 9.17) is 5.11 Å². The Morgan fingerprint density at radius 2 is 2.19 bits per heavy atom. The summed E-state index contributed by atoms with van der Waals surface area (Å²) in [5.74, 6) is 0.169. The summed E-state index contributed by atoms with van der Waals surface area (Å²) in [6.07, 6.45) is 1.33. The molecule has 0 aliphatic carbocycles. The molecule has 0 saturated carbocycles. The van der Waals surface area contributed by atoms with Crippen LogP contribution in [0.3, 0.4) is 0 Å². The maximum absolute atomic E-state index is 11.0. The lowest BCUT2D eigenvalue weighted by atomic mass is 10.2. The van der Waals surface area contributed by atoms with Crippen LogP contribution >= 0.6 is 11.8 Å². The van der Waals surface area contributed by atoms with Crippen molar-refractivity contribution in [2.75, 3.05) is 5.75 Å². The molecule has 0 aliphatic rings. The molecule has 1 aromatic rings. The minimum Gasteiger partial charge on any atom is -0.480 e. The van der Waals surface area contributed by atoms with E-state index < -0.39 is 12.0 Å². The summed E-state index contributed by atoms with van der Waals surface area (Å²) in [7, 11) is 0. The van der Waals surface area contributed by atoms with Crippen LogP contribution in [0.1, 0.15) is 38.6 Å². The van der Waals surface area contributed by atoms with Gasteiger partial charge < -0.3 is 10.4 Å². The monoisotopic (exact) mass is 313 g/mol. The van der Waals surface area contributed by atoms with Gasteiger partial charge in [0.25, 0.3) is 0 Å². The molecule has 1 aromatic heterocycles. The smallest absolute Gasteiger partial charge is 0.326 e. The van der Waals surface area contributed by atoms with Crippen molar-refractivity contribution in [3.63, 3.8) is 0 Å². The van der Waals surface area contributed by atoms with Crippen molar-refractivity contribution < 1.29 is 14.7 Å². The van der Waals surface area contributed by atoms with E-state index in [0.29, 0.717) is 12.2 Å². The summed E-state index contributed by atoms with van der Waals surface area (Å²) in [6, 6.07) is 1.29. The number of amides is 1. The third-order valence-corrected chi connectivity index (χ3v) is 4.08. The highest BCUT2D eigenvalue weighted by molar-refractivity contribution is 7.98. The summed E-state index contributed by atoms with van der Waals surface area (Å²) in [4.78, 5) is 21.9. The number of aliphatic carboxylic acids is 1. The fourth-order valence-corrected chi connectivity index (χ4v) is 2.95. The molecule has 0 fully saturated rings. The van der Waals surface area contributed by atoms with Crippen LogP contribution in [0.15, 0.2) is 6.07 Å². The van der Waals surface area contributed by atoms with Gasteiger partial charge in [-0.05, 0) is 31.6 Å². The zero-order valence-electron chi connectivity index (χ0n) is 12.8. The number of nitrogens with zero attached hydrogens (tertiary/aromatic N) is 2. The van der Waals surface area contributed by atoms with Gasteiger partial charge in [0.1, 0.15) is 6.04 Å². The lowest BCUT2D eigenvalue weighted by Crippen LogP contribution is -2.39. The zero-order chi connectivity index (χ0) is 15.8. The van der Waals surface area contributed by atoms with E-state index in [-0.39, 0.29) is 5.91 Å². The van der Waals surface area contributed by atoms with Crippen molar-refractivity contribution in [1.29, 1.82) is 0 Å². The van der Waals surface area contributed by atoms with E-state index in [1.807, 2.05) is 4.68 Å². The zero-order valence-corrected chi connectivity index (χ0v) is 13.6. The predicted molar refractivity (Wildman–Crippen MR) is 83.3 cm³/mol. The average Bonchev–Trinajstić information content (AvgIpc) is 2.84. The Morgan fingerprint density at radius 3 is 2.71 bits per heavy atom. The van der Waals surface area contributed by atoms with Crippen LogP contribution in [-0.4, -0.2) is 38.6 Å². The first-order valence-electron chi connectivity index (χ1n) is 7.11. The first kappa shape index (κ1) is 17.6. The topological polar surface area (TPSA) is 84.2 Å². The normalized spacial score (nSPS) is 12.1. The number of thioether (sulfide) groups is 1. The molecule has 21 heavy (non-hydrogen) atoms. The van der Waals surface area contributed by atoms with Gasteiger partial charge >= 0.3 is 5.97 Å². The second-order valence-corrected chi connectivity index (χ2v) is 5.83. The summed E-state index contributed by atoms with van der Waals surface area (Å²) in [6.45, 7) is 6.29. The summed E-state index contributed by atoms with van der Waals surface area (Å²) in [5.41, 5.74) is 2.24. The highest BCUT2D eigenvalue weighted by atomic mass is 32.2. The van der Waals surface area contributed by atoms with Gasteiger partial charge in [-0.25, -0.2) is 4.79 Å². The third-order valence-electron chi connectivity index (χ3n) is 3.05. The largest absolute Gasteiger partial charge is 0.480 e. The van der Waals surface area contributed by atoms with Crippen LogP contribution in [0.5, 0.6) is 0 Å². The number of aryl methyl sites for hydroxylation is 2. The number of carboxylic acid groups (broad SMARTS) is 1. The Morgan fingerprint density at radius 1 is 1.48 bits per heavy atom. The highest BCUT2D eigenvalue weighted by Gasteiger charge is 2.17. The molecule has 1 heterocycles. The van der Waals surface area contributed by atoms with Gasteiger partial charge in [0.05, 0.1) is 5.69 Å². The quantitative estimate of drug-likeness (QED) is 0.678. The second kappa shape index (κ2) is 8.71.